The molecule has 0 aliphatic rings. The van der Waals surface area contributed by atoms with E-state index in [0.717, 1.165) is 5.69 Å². The molecule has 0 aliphatic heterocycles. The highest BCUT2D eigenvalue weighted by Gasteiger charge is 2.14. The van der Waals surface area contributed by atoms with E-state index in [1.54, 1.807) is 13.0 Å². The molecule has 1 aromatic heterocycles. The van der Waals surface area contributed by atoms with Crippen molar-refractivity contribution in [2.24, 2.45) is 0 Å². The summed E-state index contributed by atoms with van der Waals surface area (Å²) in [5.74, 6) is -0.425. The molecule has 1 rings (SSSR count). The number of carbonyl (C=O) groups excluding carboxylic acids is 2. The number of aromatic nitrogens is 1. The Balaban J connectivity index is 2.46. The van der Waals surface area contributed by atoms with Crippen molar-refractivity contribution in [2.75, 3.05) is 12.3 Å². The van der Waals surface area contributed by atoms with Crippen LogP contribution in [0.3, 0.4) is 0 Å². The molecule has 20 heavy (non-hydrogen) atoms. The Bertz CT molecular complexity index is 506. The largest absolute Gasteiger partial charge is 0.398 e. The van der Waals surface area contributed by atoms with Gasteiger partial charge >= 0.3 is 0 Å². The average molecular weight is 278 g/mol. The first-order valence-electron chi connectivity index (χ1n) is 6.50. The zero-order valence-electron chi connectivity index (χ0n) is 12.4. The summed E-state index contributed by atoms with van der Waals surface area (Å²) in [6, 6.07) is 1.64. The fraction of sp³-hybridized carbons (Fsp3) is 0.500. The number of nitrogens with zero attached hydrogens (tertiary/aromatic N) is 1. The maximum atomic E-state index is 11.9. The van der Waals surface area contributed by atoms with Crippen LogP contribution in [0.15, 0.2) is 12.3 Å². The van der Waals surface area contributed by atoms with Crippen LogP contribution in [0, 0.1) is 6.92 Å². The quantitative estimate of drug-likeness (QED) is 0.765. The van der Waals surface area contributed by atoms with Crippen molar-refractivity contribution in [2.45, 2.75) is 39.7 Å². The van der Waals surface area contributed by atoms with Crippen LogP contribution in [0.2, 0.25) is 0 Å². The van der Waals surface area contributed by atoms with Crippen molar-refractivity contribution in [1.29, 1.82) is 0 Å². The number of amides is 2. The Kier molecular flexibility index (Phi) is 5.07. The number of hydrogen-bond acceptors (Lipinski definition) is 4. The molecule has 1 aromatic rings. The van der Waals surface area contributed by atoms with Crippen molar-refractivity contribution in [3.8, 4) is 0 Å². The van der Waals surface area contributed by atoms with E-state index < -0.39 is 0 Å². The maximum Gasteiger partial charge on any atom is 0.254 e. The first kappa shape index (κ1) is 15.9. The molecule has 0 unspecified atom stereocenters. The van der Waals surface area contributed by atoms with Crippen LogP contribution in [0.4, 0.5) is 5.69 Å². The molecule has 0 saturated heterocycles. The zero-order chi connectivity index (χ0) is 15.3. The van der Waals surface area contributed by atoms with E-state index in [-0.39, 0.29) is 30.3 Å². The number of nitrogen functional groups attached to an aromatic ring is 1. The first-order valence-corrected chi connectivity index (χ1v) is 6.50. The van der Waals surface area contributed by atoms with Crippen LogP contribution >= 0.6 is 0 Å². The summed E-state index contributed by atoms with van der Waals surface area (Å²) >= 11 is 0. The molecule has 0 aromatic carbocycles. The molecule has 0 saturated carbocycles. The summed E-state index contributed by atoms with van der Waals surface area (Å²) in [5.41, 5.74) is 6.95. The number of pyridine rings is 1. The Morgan fingerprint density at radius 3 is 2.55 bits per heavy atom. The summed E-state index contributed by atoms with van der Waals surface area (Å²) in [5, 5.41) is 5.48. The van der Waals surface area contributed by atoms with E-state index in [0.29, 0.717) is 11.3 Å². The SMILES string of the molecule is Cc1cc(N)c(C(=O)NCCC(=O)NC(C)(C)C)cn1. The molecule has 2 amide bonds. The van der Waals surface area contributed by atoms with Gasteiger partial charge in [-0.25, -0.2) is 0 Å². The second-order valence-electron chi connectivity index (χ2n) is 5.72. The van der Waals surface area contributed by atoms with Gasteiger partial charge in [-0.1, -0.05) is 0 Å². The topological polar surface area (TPSA) is 97.1 Å². The summed E-state index contributed by atoms with van der Waals surface area (Å²) in [4.78, 5) is 27.5. The third-order valence-electron chi connectivity index (χ3n) is 2.47. The van der Waals surface area contributed by atoms with Gasteiger partial charge in [0.05, 0.1) is 5.56 Å². The molecule has 0 bridgehead atoms. The van der Waals surface area contributed by atoms with Gasteiger partial charge in [0.1, 0.15) is 0 Å². The molecule has 110 valence electrons. The molecule has 1 heterocycles. The summed E-state index contributed by atoms with van der Waals surface area (Å²) in [6.45, 7) is 7.77. The molecular formula is C14H22N4O2. The minimum Gasteiger partial charge on any atom is -0.398 e. The fourth-order valence-corrected chi connectivity index (χ4v) is 1.64. The predicted octanol–water partition coefficient (Wildman–Crippen LogP) is 1.01. The van der Waals surface area contributed by atoms with E-state index in [1.165, 1.54) is 6.20 Å². The van der Waals surface area contributed by atoms with Gasteiger partial charge in [0.15, 0.2) is 0 Å². The number of carbonyl (C=O) groups is 2. The second-order valence-corrected chi connectivity index (χ2v) is 5.72. The fourth-order valence-electron chi connectivity index (χ4n) is 1.64. The molecule has 0 radical (unpaired) electrons. The van der Waals surface area contributed by atoms with Gasteiger partial charge in [0.2, 0.25) is 5.91 Å². The molecule has 4 N–H and O–H groups in total. The van der Waals surface area contributed by atoms with Crippen molar-refractivity contribution < 1.29 is 9.59 Å². The number of nitrogens with one attached hydrogen (secondary N) is 2. The molecule has 6 heteroatoms. The van der Waals surface area contributed by atoms with Gasteiger partial charge in [0.25, 0.3) is 5.91 Å². The molecule has 0 fully saturated rings. The maximum absolute atomic E-state index is 11.9. The van der Waals surface area contributed by atoms with Crippen LogP contribution in [0.5, 0.6) is 0 Å². The van der Waals surface area contributed by atoms with E-state index in [4.69, 9.17) is 5.73 Å². The van der Waals surface area contributed by atoms with Gasteiger partial charge in [-0.3, -0.25) is 14.6 Å². The lowest BCUT2D eigenvalue weighted by Gasteiger charge is -2.20. The zero-order valence-corrected chi connectivity index (χ0v) is 12.4. The number of hydrogen-bond donors (Lipinski definition) is 3. The molecule has 0 spiro atoms. The van der Waals surface area contributed by atoms with Gasteiger partial charge in [-0.15, -0.1) is 0 Å². The average Bonchev–Trinajstić information content (AvgIpc) is 2.25. The van der Waals surface area contributed by atoms with Gasteiger partial charge in [0, 0.05) is 36.1 Å². The third kappa shape index (κ3) is 5.26. The molecule has 6 nitrogen and oxygen atoms in total. The lowest BCUT2D eigenvalue weighted by molar-refractivity contribution is -0.122. The smallest absolute Gasteiger partial charge is 0.254 e. The first-order chi connectivity index (χ1) is 9.19. The van der Waals surface area contributed by atoms with Crippen LogP contribution in [-0.2, 0) is 4.79 Å². The Labute approximate surface area is 119 Å². The lowest BCUT2D eigenvalue weighted by Crippen LogP contribution is -2.42. The van der Waals surface area contributed by atoms with Crippen LogP contribution in [0.1, 0.15) is 43.2 Å². The minimum atomic E-state index is -0.321. The number of aryl methyl sites for hydroxylation is 1. The van der Waals surface area contributed by atoms with Gasteiger partial charge < -0.3 is 16.4 Å². The third-order valence-corrected chi connectivity index (χ3v) is 2.47. The summed E-state index contributed by atoms with van der Waals surface area (Å²) in [6.07, 6.45) is 1.66. The van der Waals surface area contributed by atoms with E-state index >= 15 is 0 Å². The van der Waals surface area contributed by atoms with E-state index in [2.05, 4.69) is 15.6 Å². The van der Waals surface area contributed by atoms with Gasteiger partial charge in [-0.05, 0) is 33.8 Å². The van der Waals surface area contributed by atoms with Crippen molar-refractivity contribution in [1.82, 2.24) is 15.6 Å². The molecule has 0 aliphatic carbocycles. The monoisotopic (exact) mass is 278 g/mol. The van der Waals surface area contributed by atoms with Crippen molar-refractivity contribution in [3.63, 3.8) is 0 Å². The number of rotatable bonds is 4. The predicted molar refractivity (Wildman–Crippen MR) is 78.2 cm³/mol. The Morgan fingerprint density at radius 2 is 2.00 bits per heavy atom. The standard InChI is InChI=1S/C14H22N4O2/c1-9-7-11(15)10(8-17-9)13(20)16-6-5-12(19)18-14(2,3)4/h7-8H,5-6H2,1-4H3,(H2,15,17)(H,16,20)(H,18,19). The highest BCUT2D eigenvalue weighted by molar-refractivity contribution is 5.98. The molecular weight excluding hydrogens is 256 g/mol. The van der Waals surface area contributed by atoms with E-state index in [1.807, 2.05) is 20.8 Å². The summed E-state index contributed by atoms with van der Waals surface area (Å²) < 4.78 is 0. The number of nitrogens with two attached hydrogens (primary N) is 1. The molecule has 0 atom stereocenters. The Hall–Kier alpha value is -2.11. The summed E-state index contributed by atoms with van der Waals surface area (Å²) in [7, 11) is 0. The van der Waals surface area contributed by atoms with Crippen molar-refractivity contribution in [3.05, 3.63) is 23.5 Å². The second kappa shape index (κ2) is 6.36. The minimum absolute atomic E-state index is 0.104. The highest BCUT2D eigenvalue weighted by Crippen LogP contribution is 2.10. The van der Waals surface area contributed by atoms with Gasteiger partial charge in [-0.2, -0.15) is 0 Å². The van der Waals surface area contributed by atoms with Crippen molar-refractivity contribution >= 4 is 17.5 Å². The lowest BCUT2D eigenvalue weighted by atomic mass is 10.1. The number of anilines is 1. The normalized spacial score (nSPS) is 11.0. The van der Waals surface area contributed by atoms with Crippen LogP contribution in [-0.4, -0.2) is 28.9 Å². The van der Waals surface area contributed by atoms with E-state index in [9.17, 15) is 9.59 Å². The Morgan fingerprint density at radius 1 is 1.35 bits per heavy atom. The van der Waals surface area contributed by atoms with Crippen LogP contribution < -0.4 is 16.4 Å². The highest BCUT2D eigenvalue weighted by atomic mass is 16.2. The van der Waals surface area contributed by atoms with Crippen LogP contribution in [0.25, 0.3) is 0 Å².